The Morgan fingerprint density at radius 3 is 2.59 bits per heavy atom. The van der Waals surface area contributed by atoms with E-state index in [1.165, 1.54) is 0 Å². The Bertz CT molecular complexity index is 563. The van der Waals surface area contributed by atoms with Gasteiger partial charge in [0.05, 0.1) is 10.7 Å². The van der Waals surface area contributed by atoms with Gasteiger partial charge in [-0.15, -0.1) is 0 Å². The highest BCUT2D eigenvalue weighted by Crippen LogP contribution is 2.35. The zero-order chi connectivity index (χ0) is 12.6. The molecule has 1 aromatic heterocycles. The Balaban J connectivity index is 2.36. The number of rotatable bonds is 2. The van der Waals surface area contributed by atoms with Crippen LogP contribution in [-0.4, -0.2) is 9.78 Å². The fourth-order valence-corrected chi connectivity index (χ4v) is 3.17. The van der Waals surface area contributed by atoms with Crippen LogP contribution in [0.1, 0.15) is 11.3 Å². The summed E-state index contributed by atoms with van der Waals surface area (Å²) in [6, 6.07) is 6.11. The molecule has 0 unspecified atom stereocenters. The SMILES string of the molecule is Cc1cc(Sc2cc(C)c(N)cc2Br)n(C)n1. The molecular formula is C12H14BrN3S. The molecule has 17 heavy (non-hydrogen) atoms. The van der Waals surface area contributed by atoms with Gasteiger partial charge in [0.1, 0.15) is 0 Å². The second-order valence-corrected chi connectivity index (χ2v) is 5.91. The van der Waals surface area contributed by atoms with E-state index in [2.05, 4.69) is 33.2 Å². The smallest absolute Gasteiger partial charge is 0.0987 e. The number of hydrogen-bond donors (Lipinski definition) is 1. The normalized spacial score (nSPS) is 10.8. The van der Waals surface area contributed by atoms with Crippen LogP contribution < -0.4 is 5.73 Å². The number of hydrogen-bond acceptors (Lipinski definition) is 3. The molecule has 90 valence electrons. The van der Waals surface area contributed by atoms with E-state index in [4.69, 9.17) is 5.73 Å². The van der Waals surface area contributed by atoms with Gasteiger partial charge >= 0.3 is 0 Å². The molecule has 2 rings (SSSR count). The van der Waals surface area contributed by atoms with Gasteiger partial charge in [-0.25, -0.2) is 0 Å². The lowest BCUT2D eigenvalue weighted by molar-refractivity contribution is 0.692. The molecule has 0 spiro atoms. The Hall–Kier alpha value is -0.940. The maximum absolute atomic E-state index is 5.86. The van der Waals surface area contributed by atoms with Gasteiger partial charge in [0.15, 0.2) is 0 Å². The molecule has 0 bridgehead atoms. The molecule has 0 fully saturated rings. The number of aromatic nitrogens is 2. The highest BCUT2D eigenvalue weighted by atomic mass is 79.9. The van der Waals surface area contributed by atoms with Crippen molar-refractivity contribution in [2.24, 2.45) is 7.05 Å². The van der Waals surface area contributed by atoms with Crippen molar-refractivity contribution in [3.05, 3.63) is 33.9 Å². The van der Waals surface area contributed by atoms with E-state index < -0.39 is 0 Å². The van der Waals surface area contributed by atoms with Crippen molar-refractivity contribution in [1.82, 2.24) is 9.78 Å². The molecule has 0 saturated carbocycles. The van der Waals surface area contributed by atoms with Gasteiger partial charge in [0.25, 0.3) is 0 Å². The molecule has 0 saturated heterocycles. The summed E-state index contributed by atoms with van der Waals surface area (Å²) in [5.41, 5.74) is 8.79. The van der Waals surface area contributed by atoms with Gasteiger partial charge in [-0.05, 0) is 53.5 Å². The lowest BCUT2D eigenvalue weighted by Crippen LogP contribution is -1.93. The van der Waals surface area contributed by atoms with Crippen LogP contribution in [0.4, 0.5) is 5.69 Å². The highest BCUT2D eigenvalue weighted by molar-refractivity contribution is 9.10. The third kappa shape index (κ3) is 2.66. The van der Waals surface area contributed by atoms with E-state index in [9.17, 15) is 0 Å². The monoisotopic (exact) mass is 311 g/mol. The first-order valence-electron chi connectivity index (χ1n) is 5.21. The molecular weight excluding hydrogens is 298 g/mol. The van der Waals surface area contributed by atoms with Crippen molar-refractivity contribution in [2.45, 2.75) is 23.8 Å². The summed E-state index contributed by atoms with van der Waals surface area (Å²) in [5, 5.41) is 5.45. The lowest BCUT2D eigenvalue weighted by Gasteiger charge is -2.08. The van der Waals surface area contributed by atoms with Crippen molar-refractivity contribution in [2.75, 3.05) is 5.73 Å². The number of benzene rings is 1. The summed E-state index contributed by atoms with van der Waals surface area (Å²) in [6.07, 6.45) is 0. The van der Waals surface area contributed by atoms with E-state index in [0.717, 1.165) is 31.3 Å². The first-order chi connectivity index (χ1) is 7.97. The van der Waals surface area contributed by atoms with Crippen LogP contribution in [-0.2, 0) is 7.05 Å². The van der Waals surface area contributed by atoms with Crippen molar-refractivity contribution >= 4 is 33.4 Å². The predicted octanol–water partition coefficient (Wildman–Crippen LogP) is 3.53. The van der Waals surface area contributed by atoms with Gasteiger partial charge in [-0.3, -0.25) is 4.68 Å². The Morgan fingerprint density at radius 1 is 1.29 bits per heavy atom. The molecule has 0 aliphatic carbocycles. The largest absolute Gasteiger partial charge is 0.398 e. The van der Waals surface area contributed by atoms with Gasteiger partial charge < -0.3 is 5.73 Å². The summed E-state index contributed by atoms with van der Waals surface area (Å²) in [7, 11) is 1.95. The molecule has 2 aromatic rings. The van der Waals surface area contributed by atoms with Gasteiger partial charge in [0, 0.05) is 22.1 Å². The van der Waals surface area contributed by atoms with E-state index >= 15 is 0 Å². The second-order valence-electron chi connectivity index (χ2n) is 3.99. The molecule has 0 aliphatic rings. The van der Waals surface area contributed by atoms with Crippen LogP contribution >= 0.6 is 27.7 Å². The Labute approximate surface area is 114 Å². The first kappa shape index (κ1) is 12.5. The van der Waals surface area contributed by atoms with Gasteiger partial charge in [0.2, 0.25) is 0 Å². The molecule has 0 radical (unpaired) electrons. The number of nitrogen functional groups attached to an aromatic ring is 1. The van der Waals surface area contributed by atoms with Crippen molar-refractivity contribution < 1.29 is 0 Å². The van der Waals surface area contributed by atoms with Crippen molar-refractivity contribution in [1.29, 1.82) is 0 Å². The van der Waals surface area contributed by atoms with Gasteiger partial charge in [-0.1, -0.05) is 11.8 Å². The summed E-state index contributed by atoms with van der Waals surface area (Å²) in [4.78, 5) is 1.15. The standard InChI is InChI=1S/C12H14BrN3S/c1-7-4-11(9(13)6-10(7)14)17-12-5-8(2)15-16(12)3/h4-6H,14H2,1-3H3. The molecule has 2 N–H and O–H groups in total. The Kier molecular flexibility index (Phi) is 3.49. The van der Waals surface area contributed by atoms with E-state index in [0.29, 0.717) is 0 Å². The molecule has 5 heteroatoms. The average molecular weight is 312 g/mol. The zero-order valence-corrected chi connectivity index (χ0v) is 12.4. The summed E-state index contributed by atoms with van der Waals surface area (Å²) in [6.45, 7) is 4.01. The van der Waals surface area contributed by atoms with Crippen LogP contribution in [0.25, 0.3) is 0 Å². The van der Waals surface area contributed by atoms with Gasteiger partial charge in [-0.2, -0.15) is 5.10 Å². The third-order valence-electron chi connectivity index (χ3n) is 2.49. The quantitative estimate of drug-likeness (QED) is 0.863. The fraction of sp³-hybridized carbons (Fsp3) is 0.250. The van der Waals surface area contributed by atoms with Crippen LogP contribution in [0.2, 0.25) is 0 Å². The average Bonchev–Trinajstić information content (AvgIpc) is 2.54. The van der Waals surface area contributed by atoms with Crippen LogP contribution in [0.5, 0.6) is 0 Å². The lowest BCUT2D eigenvalue weighted by atomic mass is 10.2. The van der Waals surface area contributed by atoms with E-state index in [-0.39, 0.29) is 0 Å². The molecule has 0 aliphatic heterocycles. The number of nitrogens with zero attached hydrogens (tertiary/aromatic N) is 2. The molecule has 3 nitrogen and oxygen atoms in total. The summed E-state index contributed by atoms with van der Waals surface area (Å²) >= 11 is 5.22. The Morgan fingerprint density at radius 2 is 2.00 bits per heavy atom. The minimum absolute atomic E-state index is 0.808. The number of anilines is 1. The topological polar surface area (TPSA) is 43.8 Å². The van der Waals surface area contributed by atoms with E-state index in [1.54, 1.807) is 11.8 Å². The third-order valence-corrected chi connectivity index (χ3v) is 4.56. The molecule has 0 atom stereocenters. The molecule has 1 heterocycles. The highest BCUT2D eigenvalue weighted by Gasteiger charge is 2.09. The minimum atomic E-state index is 0.808. The van der Waals surface area contributed by atoms with Crippen LogP contribution in [0.3, 0.4) is 0 Å². The molecule has 0 amide bonds. The minimum Gasteiger partial charge on any atom is -0.398 e. The number of halogens is 1. The summed E-state index contributed by atoms with van der Waals surface area (Å²) < 4.78 is 2.91. The first-order valence-corrected chi connectivity index (χ1v) is 6.82. The maximum atomic E-state index is 5.86. The molecule has 1 aromatic carbocycles. The number of nitrogens with two attached hydrogens (primary N) is 1. The van der Waals surface area contributed by atoms with E-state index in [1.807, 2.05) is 31.6 Å². The van der Waals surface area contributed by atoms with Crippen LogP contribution in [0, 0.1) is 13.8 Å². The van der Waals surface area contributed by atoms with Crippen molar-refractivity contribution in [3.8, 4) is 0 Å². The predicted molar refractivity (Wildman–Crippen MR) is 75.4 cm³/mol. The second kappa shape index (κ2) is 4.74. The maximum Gasteiger partial charge on any atom is 0.0987 e. The zero-order valence-electron chi connectivity index (χ0n) is 9.99. The van der Waals surface area contributed by atoms with Crippen LogP contribution in [0.15, 0.2) is 32.6 Å². The number of aryl methyl sites for hydroxylation is 3. The van der Waals surface area contributed by atoms with Crippen molar-refractivity contribution in [3.63, 3.8) is 0 Å². The summed E-state index contributed by atoms with van der Waals surface area (Å²) in [5.74, 6) is 0. The fourth-order valence-electron chi connectivity index (χ4n) is 1.54.